The van der Waals surface area contributed by atoms with Gasteiger partial charge in [-0.2, -0.15) is 0 Å². The highest BCUT2D eigenvalue weighted by Gasteiger charge is 2.03. The Morgan fingerprint density at radius 1 is 1.67 bits per heavy atom. The molecule has 15 heavy (non-hydrogen) atoms. The highest BCUT2D eigenvalue weighted by atomic mass is 16.4. The lowest BCUT2D eigenvalue weighted by atomic mass is 10.1. The van der Waals surface area contributed by atoms with Gasteiger partial charge in [0, 0.05) is 31.1 Å². The monoisotopic (exact) mass is 206 g/mol. The molecule has 0 aromatic carbocycles. The molecular weight excluding hydrogens is 192 g/mol. The molecule has 0 aliphatic heterocycles. The van der Waals surface area contributed by atoms with E-state index in [1.54, 1.807) is 12.4 Å². The van der Waals surface area contributed by atoms with Gasteiger partial charge in [0.25, 0.3) is 0 Å². The summed E-state index contributed by atoms with van der Waals surface area (Å²) in [6.07, 6.45) is 3.50. The minimum absolute atomic E-state index is 0.163. The van der Waals surface area contributed by atoms with Crippen molar-refractivity contribution in [2.75, 3.05) is 6.54 Å². The summed E-state index contributed by atoms with van der Waals surface area (Å²) in [5, 5.41) is 11.6. The quantitative estimate of drug-likeness (QED) is 0.709. The molecule has 0 spiro atoms. The average Bonchev–Trinajstić information content (AvgIpc) is 2.20. The lowest BCUT2D eigenvalue weighted by molar-refractivity contribution is -0.132. The fourth-order valence-corrected chi connectivity index (χ4v) is 1.11. The first-order valence-corrected chi connectivity index (χ1v) is 4.62. The van der Waals surface area contributed by atoms with Crippen molar-refractivity contribution in [2.45, 2.75) is 13.5 Å². The molecule has 0 unspecified atom stereocenters. The predicted octanol–water partition coefficient (Wildman–Crippen LogP) is 1.12. The summed E-state index contributed by atoms with van der Waals surface area (Å²) >= 11 is 0. The van der Waals surface area contributed by atoms with Gasteiger partial charge in [-0.15, -0.1) is 0 Å². The fraction of sp³-hybridized carbons (Fsp3) is 0.273. The summed E-state index contributed by atoms with van der Waals surface area (Å²) in [6, 6.07) is 1.92. The molecule has 0 fully saturated rings. The van der Waals surface area contributed by atoms with Crippen LogP contribution in [0.3, 0.4) is 0 Å². The van der Waals surface area contributed by atoms with E-state index >= 15 is 0 Å². The van der Waals surface area contributed by atoms with Gasteiger partial charge in [0.2, 0.25) is 0 Å². The second-order valence-electron chi connectivity index (χ2n) is 3.31. The summed E-state index contributed by atoms with van der Waals surface area (Å²) in [5.74, 6) is -0.967. The van der Waals surface area contributed by atoms with Crippen LogP contribution in [-0.4, -0.2) is 22.6 Å². The number of rotatable bonds is 5. The number of carboxylic acids is 1. The number of nitrogens with one attached hydrogen (secondary N) is 1. The maximum atomic E-state index is 10.5. The van der Waals surface area contributed by atoms with Crippen LogP contribution in [0.4, 0.5) is 0 Å². The summed E-state index contributed by atoms with van der Waals surface area (Å²) in [5.41, 5.74) is 2.37. The van der Waals surface area contributed by atoms with Gasteiger partial charge in [0.15, 0.2) is 0 Å². The first-order valence-electron chi connectivity index (χ1n) is 4.62. The Morgan fingerprint density at radius 2 is 2.40 bits per heavy atom. The second-order valence-corrected chi connectivity index (χ2v) is 3.31. The van der Waals surface area contributed by atoms with Gasteiger partial charge in [-0.05, 0) is 24.1 Å². The van der Waals surface area contributed by atoms with Gasteiger partial charge < -0.3 is 10.4 Å². The number of hydrogen-bond acceptors (Lipinski definition) is 3. The fourth-order valence-electron chi connectivity index (χ4n) is 1.11. The lowest BCUT2D eigenvalue weighted by Gasteiger charge is -2.06. The van der Waals surface area contributed by atoms with Gasteiger partial charge >= 0.3 is 5.97 Å². The topological polar surface area (TPSA) is 62.2 Å². The summed E-state index contributed by atoms with van der Waals surface area (Å²) in [6.45, 7) is 6.31. The van der Waals surface area contributed by atoms with Crippen molar-refractivity contribution in [2.24, 2.45) is 0 Å². The third-order valence-corrected chi connectivity index (χ3v) is 2.10. The van der Waals surface area contributed by atoms with Crippen LogP contribution >= 0.6 is 0 Å². The summed E-state index contributed by atoms with van der Waals surface area (Å²) < 4.78 is 0. The van der Waals surface area contributed by atoms with Crippen LogP contribution in [0, 0.1) is 6.92 Å². The molecule has 0 saturated carbocycles. The number of carbonyl (C=O) groups is 1. The molecule has 0 aliphatic carbocycles. The van der Waals surface area contributed by atoms with Gasteiger partial charge in [-0.1, -0.05) is 6.58 Å². The van der Waals surface area contributed by atoms with E-state index in [0.29, 0.717) is 6.54 Å². The largest absolute Gasteiger partial charge is 0.478 e. The van der Waals surface area contributed by atoms with Gasteiger partial charge in [-0.25, -0.2) is 4.79 Å². The van der Waals surface area contributed by atoms with Crippen molar-refractivity contribution in [1.82, 2.24) is 10.3 Å². The zero-order valence-electron chi connectivity index (χ0n) is 8.66. The Hall–Kier alpha value is -1.68. The van der Waals surface area contributed by atoms with Crippen LogP contribution < -0.4 is 5.32 Å². The van der Waals surface area contributed by atoms with Gasteiger partial charge in [0.05, 0.1) is 0 Å². The number of hydrogen-bond donors (Lipinski definition) is 2. The molecule has 4 heteroatoms. The third kappa shape index (κ3) is 3.52. The highest BCUT2D eigenvalue weighted by Crippen LogP contribution is 2.03. The number of aryl methyl sites for hydroxylation is 1. The molecule has 0 radical (unpaired) electrons. The normalized spacial score (nSPS) is 9.93. The Labute approximate surface area is 88.7 Å². The smallest absolute Gasteiger partial charge is 0.332 e. The van der Waals surface area contributed by atoms with E-state index in [4.69, 9.17) is 5.11 Å². The molecule has 0 amide bonds. The van der Waals surface area contributed by atoms with E-state index in [1.807, 2.05) is 13.0 Å². The van der Waals surface area contributed by atoms with E-state index in [0.717, 1.165) is 11.1 Å². The molecule has 0 saturated heterocycles. The van der Waals surface area contributed by atoms with Gasteiger partial charge in [-0.3, -0.25) is 4.98 Å². The molecule has 0 atom stereocenters. The number of aromatic nitrogens is 1. The van der Waals surface area contributed by atoms with E-state index in [-0.39, 0.29) is 12.1 Å². The van der Waals surface area contributed by atoms with E-state index in [1.165, 1.54) is 0 Å². The van der Waals surface area contributed by atoms with Crippen LogP contribution in [0.1, 0.15) is 11.1 Å². The highest BCUT2D eigenvalue weighted by molar-refractivity contribution is 5.86. The molecule has 1 rings (SSSR count). The average molecular weight is 206 g/mol. The summed E-state index contributed by atoms with van der Waals surface area (Å²) in [4.78, 5) is 14.5. The van der Waals surface area contributed by atoms with E-state index in [2.05, 4.69) is 16.9 Å². The molecule has 4 nitrogen and oxygen atoms in total. The first kappa shape index (κ1) is 11.4. The predicted molar refractivity (Wildman–Crippen MR) is 57.5 cm³/mol. The van der Waals surface area contributed by atoms with Crippen molar-refractivity contribution in [3.05, 3.63) is 41.7 Å². The zero-order valence-corrected chi connectivity index (χ0v) is 8.66. The Morgan fingerprint density at radius 3 is 3.00 bits per heavy atom. The molecule has 0 bridgehead atoms. The van der Waals surface area contributed by atoms with E-state index < -0.39 is 5.97 Å². The second kappa shape index (κ2) is 5.26. The van der Waals surface area contributed by atoms with Crippen LogP contribution in [0.15, 0.2) is 30.6 Å². The van der Waals surface area contributed by atoms with Crippen LogP contribution in [0.25, 0.3) is 0 Å². The molecule has 2 N–H and O–H groups in total. The van der Waals surface area contributed by atoms with E-state index in [9.17, 15) is 4.79 Å². The van der Waals surface area contributed by atoms with Gasteiger partial charge in [0.1, 0.15) is 0 Å². The minimum atomic E-state index is -0.967. The number of nitrogens with zero attached hydrogens (tertiary/aromatic N) is 1. The third-order valence-electron chi connectivity index (χ3n) is 2.10. The van der Waals surface area contributed by atoms with Crippen LogP contribution in [-0.2, 0) is 11.3 Å². The Balaban J connectivity index is 2.42. The van der Waals surface area contributed by atoms with Crippen molar-refractivity contribution < 1.29 is 9.90 Å². The molecule has 1 heterocycles. The number of pyridine rings is 1. The lowest BCUT2D eigenvalue weighted by Crippen LogP contribution is -2.20. The number of aliphatic carboxylic acids is 1. The molecular formula is C11H14N2O2. The van der Waals surface area contributed by atoms with Crippen molar-refractivity contribution >= 4 is 5.97 Å². The molecule has 80 valence electrons. The summed E-state index contributed by atoms with van der Waals surface area (Å²) in [7, 11) is 0. The Kier molecular flexibility index (Phi) is 4.00. The van der Waals surface area contributed by atoms with Crippen molar-refractivity contribution in [3.8, 4) is 0 Å². The maximum absolute atomic E-state index is 10.5. The molecule has 1 aromatic heterocycles. The molecule has 0 aliphatic rings. The minimum Gasteiger partial charge on any atom is -0.478 e. The van der Waals surface area contributed by atoms with Crippen LogP contribution in [0.5, 0.6) is 0 Å². The maximum Gasteiger partial charge on any atom is 0.332 e. The number of carboxylic acid groups (broad SMARTS) is 1. The standard InChI is InChI=1S/C11H14N2O2/c1-8-3-4-12-6-10(8)7-13-5-9(2)11(14)15/h3-4,6,13H,2,5,7H2,1H3,(H,14,15). The zero-order chi connectivity index (χ0) is 11.3. The Bertz CT molecular complexity index is 375. The van der Waals surface area contributed by atoms with Crippen molar-refractivity contribution in [3.63, 3.8) is 0 Å². The SMILES string of the molecule is C=C(CNCc1cnccc1C)C(=O)O. The van der Waals surface area contributed by atoms with Crippen LogP contribution in [0.2, 0.25) is 0 Å². The van der Waals surface area contributed by atoms with Crippen molar-refractivity contribution in [1.29, 1.82) is 0 Å². The first-order chi connectivity index (χ1) is 7.11. The molecule has 1 aromatic rings.